The predicted octanol–water partition coefficient (Wildman–Crippen LogP) is 3.22. The summed E-state index contributed by atoms with van der Waals surface area (Å²) in [5, 5.41) is 25.5. The molecule has 0 fully saturated rings. The van der Waals surface area contributed by atoms with Gasteiger partial charge in [0.2, 0.25) is 0 Å². The van der Waals surface area contributed by atoms with Gasteiger partial charge >= 0.3 is 0 Å². The Morgan fingerprint density at radius 3 is 1.31 bits per heavy atom. The van der Waals surface area contributed by atoms with Gasteiger partial charge in [0.1, 0.15) is 12.1 Å². The summed E-state index contributed by atoms with van der Waals surface area (Å²) in [7, 11) is 7.97. The van der Waals surface area contributed by atoms with E-state index >= 15 is 0 Å². The van der Waals surface area contributed by atoms with E-state index in [0.717, 1.165) is 28.9 Å². The molecule has 2 rings (SSSR count). The van der Waals surface area contributed by atoms with Crippen LogP contribution in [0.4, 0.5) is 11.4 Å². The van der Waals surface area contributed by atoms with E-state index in [2.05, 4.69) is 22.8 Å². The first kappa shape index (κ1) is 22.2. The van der Waals surface area contributed by atoms with Crippen LogP contribution in [0.15, 0.2) is 48.5 Å². The fraction of sp³-hybridized carbons (Fsp3) is 0.391. The lowest BCUT2D eigenvalue weighted by molar-refractivity contribution is 0.551. The van der Waals surface area contributed by atoms with Gasteiger partial charge in [-0.15, -0.1) is 0 Å². The van der Waals surface area contributed by atoms with E-state index < -0.39 is 0 Å². The van der Waals surface area contributed by atoms with E-state index in [1.807, 2.05) is 86.5 Å². The van der Waals surface area contributed by atoms with Crippen LogP contribution in [-0.4, -0.2) is 41.3 Å². The van der Waals surface area contributed by atoms with Crippen molar-refractivity contribution in [2.45, 2.75) is 18.5 Å². The molecular weight excluding hydrogens is 360 g/mol. The molecule has 2 aromatic rings. The Morgan fingerprint density at radius 1 is 0.690 bits per heavy atom. The Morgan fingerprint density at radius 2 is 1.03 bits per heavy atom. The zero-order valence-electron chi connectivity index (χ0n) is 17.7. The maximum absolute atomic E-state index is 9.47. The summed E-state index contributed by atoms with van der Waals surface area (Å²) >= 11 is 0. The van der Waals surface area contributed by atoms with E-state index in [-0.39, 0.29) is 12.1 Å². The molecule has 2 aromatic carbocycles. The number of benzene rings is 2. The van der Waals surface area contributed by atoms with Crippen molar-refractivity contribution < 1.29 is 0 Å². The lowest BCUT2D eigenvalue weighted by atomic mass is 10.1. The minimum atomic E-state index is -0.337. The van der Waals surface area contributed by atoms with Crippen LogP contribution < -0.4 is 20.4 Å². The van der Waals surface area contributed by atoms with Gasteiger partial charge in [-0.3, -0.25) is 10.6 Å². The van der Waals surface area contributed by atoms with Crippen molar-refractivity contribution in [2.75, 3.05) is 51.1 Å². The van der Waals surface area contributed by atoms with Gasteiger partial charge in [0.25, 0.3) is 0 Å². The summed E-state index contributed by atoms with van der Waals surface area (Å²) in [6.07, 6.45) is 0.821. The number of nitriles is 2. The van der Waals surface area contributed by atoms with Crippen molar-refractivity contribution in [1.29, 1.82) is 10.5 Å². The molecule has 152 valence electrons. The Bertz CT molecular complexity index is 756. The van der Waals surface area contributed by atoms with Crippen LogP contribution in [0.2, 0.25) is 0 Å². The van der Waals surface area contributed by atoms with Crippen LogP contribution in [-0.2, 0) is 0 Å². The maximum atomic E-state index is 9.47. The van der Waals surface area contributed by atoms with Crippen LogP contribution in [0.3, 0.4) is 0 Å². The normalized spacial score (nSPS) is 12.5. The quantitative estimate of drug-likeness (QED) is 0.607. The Labute approximate surface area is 174 Å². The van der Waals surface area contributed by atoms with Gasteiger partial charge < -0.3 is 9.80 Å². The Kier molecular flexibility index (Phi) is 8.48. The van der Waals surface area contributed by atoms with Crippen LogP contribution in [0.25, 0.3) is 0 Å². The highest BCUT2D eigenvalue weighted by Gasteiger charge is 2.11. The van der Waals surface area contributed by atoms with E-state index in [0.29, 0.717) is 13.1 Å². The van der Waals surface area contributed by atoms with E-state index in [4.69, 9.17) is 0 Å². The SMILES string of the molecule is CN(C)c1ccc(C(C#N)NCCCNC(C#N)c2ccc(N(C)C)cc2)cc1. The van der Waals surface area contributed by atoms with Crippen molar-refractivity contribution in [3.05, 3.63) is 59.7 Å². The molecule has 0 saturated heterocycles. The third-order valence-corrected chi connectivity index (χ3v) is 4.79. The second kappa shape index (κ2) is 11.1. The van der Waals surface area contributed by atoms with Gasteiger partial charge in [0.05, 0.1) is 12.1 Å². The molecule has 0 heterocycles. The van der Waals surface area contributed by atoms with Crippen LogP contribution >= 0.6 is 0 Å². The highest BCUT2D eigenvalue weighted by molar-refractivity contribution is 5.48. The minimum absolute atomic E-state index is 0.337. The van der Waals surface area contributed by atoms with Gasteiger partial charge in [-0.25, -0.2) is 0 Å². The molecule has 0 aliphatic rings. The van der Waals surface area contributed by atoms with Gasteiger partial charge in [0, 0.05) is 39.6 Å². The fourth-order valence-electron chi connectivity index (χ4n) is 2.99. The molecule has 0 aromatic heterocycles. The van der Waals surface area contributed by atoms with Crippen molar-refractivity contribution in [1.82, 2.24) is 10.6 Å². The van der Waals surface area contributed by atoms with Crippen molar-refractivity contribution in [3.63, 3.8) is 0 Å². The molecule has 0 aliphatic heterocycles. The summed E-state index contributed by atoms with van der Waals surface area (Å²) in [4.78, 5) is 4.06. The van der Waals surface area contributed by atoms with Crippen molar-refractivity contribution in [2.24, 2.45) is 0 Å². The largest absolute Gasteiger partial charge is 0.378 e. The molecule has 2 unspecified atom stereocenters. The summed E-state index contributed by atoms with van der Waals surface area (Å²) in [6.45, 7) is 1.39. The fourth-order valence-corrected chi connectivity index (χ4v) is 2.99. The highest BCUT2D eigenvalue weighted by atomic mass is 15.1. The summed E-state index contributed by atoms with van der Waals surface area (Å²) in [5.41, 5.74) is 4.13. The Balaban J connectivity index is 1.79. The van der Waals surface area contributed by atoms with Crippen molar-refractivity contribution >= 4 is 11.4 Å². The third-order valence-electron chi connectivity index (χ3n) is 4.79. The van der Waals surface area contributed by atoms with E-state index in [1.54, 1.807) is 0 Å². The molecule has 2 N–H and O–H groups in total. The molecule has 0 spiro atoms. The maximum Gasteiger partial charge on any atom is 0.121 e. The Hall–Kier alpha value is -3.06. The number of hydrogen-bond acceptors (Lipinski definition) is 6. The highest BCUT2D eigenvalue weighted by Crippen LogP contribution is 2.19. The van der Waals surface area contributed by atoms with E-state index in [1.165, 1.54) is 0 Å². The van der Waals surface area contributed by atoms with Crippen LogP contribution in [0.1, 0.15) is 29.6 Å². The zero-order valence-corrected chi connectivity index (χ0v) is 17.7. The monoisotopic (exact) mass is 390 g/mol. The van der Waals surface area contributed by atoms with E-state index in [9.17, 15) is 10.5 Å². The minimum Gasteiger partial charge on any atom is -0.378 e. The number of rotatable bonds is 10. The number of nitrogens with zero attached hydrogens (tertiary/aromatic N) is 4. The second-order valence-corrected chi connectivity index (χ2v) is 7.36. The molecule has 29 heavy (non-hydrogen) atoms. The lowest BCUT2D eigenvalue weighted by Gasteiger charge is -2.17. The second-order valence-electron chi connectivity index (χ2n) is 7.36. The first-order valence-electron chi connectivity index (χ1n) is 9.77. The average molecular weight is 391 g/mol. The van der Waals surface area contributed by atoms with Crippen molar-refractivity contribution in [3.8, 4) is 12.1 Å². The molecule has 0 aliphatic carbocycles. The first-order valence-corrected chi connectivity index (χ1v) is 9.77. The summed E-state index contributed by atoms with van der Waals surface area (Å²) < 4.78 is 0. The van der Waals surface area contributed by atoms with Gasteiger partial charge in [0.15, 0.2) is 0 Å². The standard InChI is InChI=1S/C23H30N6/c1-28(2)20-10-6-18(7-11-20)22(16-24)26-14-5-15-27-23(17-25)19-8-12-21(13-9-19)29(3)4/h6-13,22-23,26-27H,5,14-15H2,1-4H3. The number of nitrogens with one attached hydrogen (secondary N) is 2. The summed E-state index contributed by atoms with van der Waals surface area (Å²) in [5.74, 6) is 0. The molecular formula is C23H30N6. The molecule has 6 nitrogen and oxygen atoms in total. The van der Waals surface area contributed by atoms with Crippen LogP contribution in [0.5, 0.6) is 0 Å². The third kappa shape index (κ3) is 6.50. The molecule has 0 amide bonds. The van der Waals surface area contributed by atoms with Gasteiger partial charge in [-0.2, -0.15) is 10.5 Å². The topological polar surface area (TPSA) is 78.1 Å². The average Bonchev–Trinajstić information content (AvgIpc) is 2.73. The zero-order chi connectivity index (χ0) is 21.2. The van der Waals surface area contributed by atoms with Gasteiger partial charge in [-0.1, -0.05) is 24.3 Å². The number of hydrogen-bond donors (Lipinski definition) is 2. The van der Waals surface area contributed by atoms with Crippen LogP contribution in [0, 0.1) is 22.7 Å². The number of anilines is 2. The summed E-state index contributed by atoms with van der Waals surface area (Å²) in [6, 6.07) is 20.0. The molecule has 2 atom stereocenters. The molecule has 0 radical (unpaired) electrons. The molecule has 0 saturated carbocycles. The molecule has 0 bridgehead atoms. The molecule has 6 heteroatoms. The first-order chi connectivity index (χ1) is 14.0. The predicted molar refractivity (Wildman–Crippen MR) is 119 cm³/mol. The van der Waals surface area contributed by atoms with Gasteiger partial charge in [-0.05, 0) is 54.9 Å². The smallest absolute Gasteiger partial charge is 0.121 e. The lowest BCUT2D eigenvalue weighted by Crippen LogP contribution is -2.27.